The van der Waals surface area contributed by atoms with Crippen LogP contribution < -0.4 is 16.0 Å². The number of carbonyl (C=O) groups is 2. The number of ketones is 1. The van der Waals surface area contributed by atoms with Crippen LogP contribution in [0.3, 0.4) is 0 Å². The number of rotatable bonds is 4. The standard InChI is InChI=1S/C28H23FN6O2S2/c1-27(2)11-20-22(21(36)12-27)28(17-10-16(29)8-9-19(17)32-24(28)37)18(13-30)23(31)35(20)25-33-34-26(39-25)38-14-15-6-4-3-5-7-15/h3-10H,11-12,14,31H2,1-2H3,(H,32,37)/t28-/m1/s1. The second-order valence-electron chi connectivity index (χ2n) is 10.5. The molecule has 0 fully saturated rings. The van der Waals surface area contributed by atoms with E-state index in [2.05, 4.69) is 21.6 Å². The van der Waals surface area contributed by atoms with Gasteiger partial charge in [-0.15, -0.1) is 10.2 Å². The van der Waals surface area contributed by atoms with Crippen molar-refractivity contribution in [2.45, 2.75) is 42.2 Å². The lowest BCUT2D eigenvalue weighted by Crippen LogP contribution is -2.52. The Balaban J connectivity index is 1.52. The minimum Gasteiger partial charge on any atom is -0.384 e. The monoisotopic (exact) mass is 558 g/mol. The van der Waals surface area contributed by atoms with Gasteiger partial charge in [0.2, 0.25) is 11.0 Å². The summed E-state index contributed by atoms with van der Waals surface area (Å²) in [5, 5.41) is 22.2. The van der Waals surface area contributed by atoms with Crippen molar-refractivity contribution in [3.8, 4) is 6.07 Å². The number of carbonyl (C=O) groups excluding carboxylic acids is 2. The lowest BCUT2D eigenvalue weighted by molar-refractivity contribution is -0.123. The van der Waals surface area contributed by atoms with Crippen LogP contribution in [-0.4, -0.2) is 21.9 Å². The Labute approximate surface area is 232 Å². The minimum atomic E-state index is -1.84. The van der Waals surface area contributed by atoms with Crippen molar-refractivity contribution >= 4 is 45.6 Å². The molecule has 6 rings (SSSR count). The van der Waals surface area contributed by atoms with Crippen LogP contribution in [0.1, 0.15) is 37.8 Å². The van der Waals surface area contributed by atoms with Crippen molar-refractivity contribution in [1.82, 2.24) is 10.2 Å². The summed E-state index contributed by atoms with van der Waals surface area (Å²) in [7, 11) is 0. The van der Waals surface area contributed by atoms with Crippen molar-refractivity contribution in [3.63, 3.8) is 0 Å². The molecule has 0 unspecified atom stereocenters. The normalized spacial score (nSPS) is 21.6. The number of allylic oxidation sites excluding steroid dienone is 1. The molecule has 1 aromatic heterocycles. The molecule has 3 heterocycles. The molecule has 1 atom stereocenters. The maximum absolute atomic E-state index is 14.5. The van der Waals surface area contributed by atoms with Gasteiger partial charge in [0.1, 0.15) is 23.1 Å². The molecule has 3 aliphatic rings. The van der Waals surface area contributed by atoms with Crippen LogP contribution in [0, 0.1) is 22.6 Å². The lowest BCUT2D eigenvalue weighted by atomic mass is 9.61. The largest absolute Gasteiger partial charge is 0.384 e. The fourth-order valence-corrected chi connectivity index (χ4v) is 7.52. The van der Waals surface area contributed by atoms with Crippen LogP contribution in [0.15, 0.2) is 75.5 Å². The van der Waals surface area contributed by atoms with Crippen molar-refractivity contribution in [1.29, 1.82) is 5.26 Å². The number of nitrogens with one attached hydrogen (secondary N) is 1. The number of hydrogen-bond donors (Lipinski definition) is 2. The number of halogens is 1. The van der Waals surface area contributed by atoms with Crippen molar-refractivity contribution in [2.75, 3.05) is 10.2 Å². The van der Waals surface area contributed by atoms with Gasteiger partial charge in [-0.1, -0.05) is 67.3 Å². The van der Waals surface area contributed by atoms with Gasteiger partial charge in [-0.05, 0) is 35.6 Å². The van der Waals surface area contributed by atoms with Gasteiger partial charge in [-0.3, -0.25) is 14.5 Å². The highest BCUT2D eigenvalue weighted by Crippen LogP contribution is 2.57. The summed E-state index contributed by atoms with van der Waals surface area (Å²) in [5.74, 6) is -0.807. The van der Waals surface area contributed by atoms with E-state index < -0.39 is 22.6 Å². The van der Waals surface area contributed by atoms with Gasteiger partial charge in [0, 0.05) is 34.7 Å². The molecule has 2 aliphatic heterocycles. The van der Waals surface area contributed by atoms with Gasteiger partial charge in [-0.25, -0.2) is 4.39 Å². The van der Waals surface area contributed by atoms with Crippen LogP contribution in [-0.2, 0) is 20.8 Å². The van der Waals surface area contributed by atoms with E-state index in [1.165, 1.54) is 41.3 Å². The fraction of sp³-hybridized carbons (Fsp3) is 0.250. The van der Waals surface area contributed by atoms with E-state index in [0.717, 1.165) is 5.56 Å². The Morgan fingerprint density at radius 2 is 1.95 bits per heavy atom. The second kappa shape index (κ2) is 9.03. The molecule has 0 saturated heterocycles. The number of nitriles is 1. The molecule has 196 valence electrons. The van der Waals surface area contributed by atoms with E-state index in [0.29, 0.717) is 33.0 Å². The third-order valence-electron chi connectivity index (χ3n) is 7.25. The SMILES string of the molecule is CC1(C)CC(=O)C2=C(C1)N(c1nnc(SCc3ccccc3)s1)C(N)=C(C#N)[C@@]21C(=O)Nc2ccc(F)cc21. The third kappa shape index (κ3) is 3.85. The first-order valence-corrected chi connectivity index (χ1v) is 14.0. The topological polar surface area (TPSA) is 125 Å². The van der Waals surface area contributed by atoms with Gasteiger partial charge in [0.15, 0.2) is 10.1 Å². The summed E-state index contributed by atoms with van der Waals surface area (Å²) in [4.78, 5) is 29.2. The number of nitrogens with zero attached hydrogens (tertiary/aromatic N) is 4. The second-order valence-corrected chi connectivity index (χ2v) is 12.7. The molecular weight excluding hydrogens is 535 g/mol. The maximum Gasteiger partial charge on any atom is 0.245 e. The average molecular weight is 559 g/mol. The predicted octanol–water partition coefficient (Wildman–Crippen LogP) is 5.02. The zero-order chi connectivity index (χ0) is 27.5. The molecule has 8 nitrogen and oxygen atoms in total. The molecular formula is C28H23FN6O2S2. The zero-order valence-electron chi connectivity index (χ0n) is 21.1. The first kappa shape index (κ1) is 25.3. The number of anilines is 2. The molecule has 0 radical (unpaired) electrons. The lowest BCUT2D eigenvalue weighted by Gasteiger charge is -2.45. The Kier molecular flexibility index (Phi) is 5.86. The summed E-state index contributed by atoms with van der Waals surface area (Å²) in [6, 6.07) is 15.9. The summed E-state index contributed by atoms with van der Waals surface area (Å²) < 4.78 is 15.2. The average Bonchev–Trinajstić information content (AvgIpc) is 3.46. The number of thioether (sulfide) groups is 1. The van der Waals surface area contributed by atoms with Crippen LogP contribution in [0.2, 0.25) is 0 Å². The van der Waals surface area contributed by atoms with E-state index in [1.807, 2.05) is 44.2 Å². The van der Waals surface area contributed by atoms with Gasteiger partial charge >= 0.3 is 0 Å². The summed E-state index contributed by atoms with van der Waals surface area (Å²) >= 11 is 2.80. The van der Waals surface area contributed by atoms with Gasteiger partial charge in [-0.2, -0.15) is 5.26 Å². The van der Waals surface area contributed by atoms with Crippen molar-refractivity contribution in [3.05, 3.63) is 88.1 Å². The summed E-state index contributed by atoms with van der Waals surface area (Å²) in [5.41, 5.74) is 6.57. The smallest absolute Gasteiger partial charge is 0.245 e. The molecule has 3 aromatic rings. The molecule has 1 amide bonds. The zero-order valence-corrected chi connectivity index (χ0v) is 22.8. The Morgan fingerprint density at radius 3 is 2.69 bits per heavy atom. The maximum atomic E-state index is 14.5. The Hall–Kier alpha value is -4.01. The van der Waals surface area contributed by atoms with E-state index in [-0.39, 0.29) is 34.7 Å². The molecule has 0 bridgehead atoms. The number of fused-ring (bicyclic) bond motifs is 3. The molecule has 2 aromatic carbocycles. The Bertz CT molecular complexity index is 1660. The molecule has 0 saturated carbocycles. The number of hydrogen-bond acceptors (Lipinski definition) is 9. The van der Waals surface area contributed by atoms with E-state index in [4.69, 9.17) is 5.73 Å². The highest BCUT2D eigenvalue weighted by molar-refractivity contribution is 8.00. The van der Waals surface area contributed by atoms with Crippen molar-refractivity contribution < 1.29 is 14.0 Å². The van der Waals surface area contributed by atoms with E-state index in [1.54, 1.807) is 4.90 Å². The van der Waals surface area contributed by atoms with Crippen LogP contribution in [0.25, 0.3) is 0 Å². The van der Waals surface area contributed by atoms with E-state index >= 15 is 0 Å². The van der Waals surface area contributed by atoms with Crippen LogP contribution in [0.4, 0.5) is 15.2 Å². The number of amides is 1. The first-order valence-electron chi connectivity index (χ1n) is 12.2. The highest BCUT2D eigenvalue weighted by atomic mass is 32.2. The quantitative estimate of drug-likeness (QED) is 0.428. The van der Waals surface area contributed by atoms with Crippen molar-refractivity contribution in [2.24, 2.45) is 11.1 Å². The van der Waals surface area contributed by atoms with Gasteiger partial charge < -0.3 is 11.1 Å². The first-order chi connectivity index (χ1) is 18.7. The van der Waals surface area contributed by atoms with Crippen LogP contribution >= 0.6 is 23.1 Å². The molecule has 3 N–H and O–H groups in total. The minimum absolute atomic E-state index is 0.0234. The van der Waals surface area contributed by atoms with Gasteiger partial charge in [0.05, 0.1) is 5.57 Å². The summed E-state index contributed by atoms with van der Waals surface area (Å²) in [6.45, 7) is 3.92. The number of Topliss-reactive ketones (excluding diaryl/α,β-unsaturated/α-hetero) is 1. The van der Waals surface area contributed by atoms with Crippen LogP contribution in [0.5, 0.6) is 0 Å². The number of benzene rings is 2. The number of nitrogens with two attached hydrogens (primary N) is 1. The predicted molar refractivity (Wildman–Crippen MR) is 147 cm³/mol. The molecule has 11 heteroatoms. The molecule has 1 spiro atoms. The van der Waals surface area contributed by atoms with E-state index in [9.17, 15) is 19.2 Å². The number of aromatic nitrogens is 2. The Morgan fingerprint density at radius 1 is 1.18 bits per heavy atom. The molecule has 1 aliphatic carbocycles. The fourth-order valence-electron chi connectivity index (χ4n) is 5.68. The highest BCUT2D eigenvalue weighted by Gasteiger charge is 2.61. The molecule has 39 heavy (non-hydrogen) atoms. The summed E-state index contributed by atoms with van der Waals surface area (Å²) in [6.07, 6.45) is 0.547. The van der Waals surface area contributed by atoms with Gasteiger partial charge in [0.25, 0.3) is 0 Å². The third-order valence-corrected chi connectivity index (χ3v) is 9.36.